The number of nitrogens with one attached hydrogen (secondary N) is 1. The van der Waals surface area contributed by atoms with E-state index in [4.69, 9.17) is 9.47 Å². The summed E-state index contributed by atoms with van der Waals surface area (Å²) in [5.74, 6) is 1.77. The van der Waals surface area contributed by atoms with Gasteiger partial charge in [0.25, 0.3) is 0 Å². The molecule has 0 fully saturated rings. The van der Waals surface area contributed by atoms with Gasteiger partial charge in [0.2, 0.25) is 5.91 Å². The van der Waals surface area contributed by atoms with Crippen molar-refractivity contribution in [1.29, 1.82) is 0 Å². The van der Waals surface area contributed by atoms with Crippen LogP contribution in [-0.4, -0.2) is 19.1 Å². The van der Waals surface area contributed by atoms with E-state index in [9.17, 15) is 4.79 Å². The molecule has 0 saturated carbocycles. The molecule has 4 heteroatoms. The first kappa shape index (κ1) is 15.4. The maximum Gasteiger partial charge on any atom is 0.220 e. The molecule has 0 unspecified atom stereocenters. The zero-order chi connectivity index (χ0) is 15.9. The van der Waals surface area contributed by atoms with Crippen LogP contribution >= 0.6 is 0 Å². The minimum absolute atomic E-state index is 0.0440. The van der Waals surface area contributed by atoms with Crippen LogP contribution in [0.4, 0.5) is 0 Å². The lowest BCUT2D eigenvalue weighted by Crippen LogP contribution is -2.32. The minimum atomic E-state index is 0.0440. The second kappa shape index (κ2) is 7.68. The van der Waals surface area contributed by atoms with Gasteiger partial charge >= 0.3 is 0 Å². The van der Waals surface area contributed by atoms with Crippen LogP contribution in [0.3, 0.4) is 0 Å². The molecule has 4 nitrogen and oxygen atoms in total. The summed E-state index contributed by atoms with van der Waals surface area (Å²) in [7, 11) is 0. The molecule has 0 spiro atoms. The number of ether oxygens (including phenoxy) is 2. The number of hydrogen-bond acceptors (Lipinski definition) is 3. The molecule has 120 valence electrons. The average Bonchev–Trinajstić information content (AvgIpc) is 2.60. The zero-order valence-electron chi connectivity index (χ0n) is 13.0. The molecule has 1 atom stereocenters. The summed E-state index contributed by atoms with van der Waals surface area (Å²) < 4.78 is 11.2. The molecule has 23 heavy (non-hydrogen) atoms. The van der Waals surface area contributed by atoms with Crippen molar-refractivity contribution in [3.8, 4) is 11.5 Å². The van der Waals surface area contributed by atoms with Gasteiger partial charge in [-0.15, -0.1) is 0 Å². The highest BCUT2D eigenvalue weighted by molar-refractivity contribution is 5.76. The summed E-state index contributed by atoms with van der Waals surface area (Å²) >= 11 is 0. The van der Waals surface area contributed by atoms with E-state index in [0.717, 1.165) is 23.5 Å². The summed E-state index contributed by atoms with van der Waals surface area (Å²) in [4.78, 5) is 12.1. The number of amides is 1. The average molecular weight is 311 g/mol. The van der Waals surface area contributed by atoms with Crippen LogP contribution in [0.1, 0.15) is 30.9 Å². The molecule has 2 aromatic rings. The van der Waals surface area contributed by atoms with Crippen LogP contribution in [0.15, 0.2) is 54.6 Å². The predicted molar refractivity (Wildman–Crippen MR) is 88.6 cm³/mol. The van der Waals surface area contributed by atoms with E-state index in [2.05, 4.69) is 5.32 Å². The Morgan fingerprint density at radius 1 is 1.13 bits per heavy atom. The van der Waals surface area contributed by atoms with E-state index in [1.165, 1.54) is 0 Å². The molecular formula is C19H21NO3. The fourth-order valence-electron chi connectivity index (χ4n) is 2.70. The van der Waals surface area contributed by atoms with Crippen molar-refractivity contribution in [2.24, 2.45) is 0 Å². The third-order valence-electron chi connectivity index (χ3n) is 3.85. The Morgan fingerprint density at radius 3 is 2.78 bits per heavy atom. The maximum atomic E-state index is 12.1. The minimum Gasteiger partial charge on any atom is -0.494 e. The number of fused-ring (bicyclic) bond motifs is 1. The van der Waals surface area contributed by atoms with Crippen LogP contribution in [0, 0.1) is 0 Å². The molecule has 0 saturated heterocycles. The molecule has 0 bridgehead atoms. The highest BCUT2D eigenvalue weighted by Crippen LogP contribution is 2.31. The number of rotatable bonds is 6. The molecule has 2 aromatic carbocycles. The van der Waals surface area contributed by atoms with Crippen molar-refractivity contribution >= 4 is 5.91 Å². The number of benzene rings is 2. The first-order valence-electron chi connectivity index (χ1n) is 8.02. The lowest BCUT2D eigenvalue weighted by atomic mass is 10.0. The SMILES string of the molecule is O=C(CCCOc1ccccc1)N[C@@H]1CCOc2ccccc21. The van der Waals surface area contributed by atoms with Gasteiger partial charge in [-0.3, -0.25) is 4.79 Å². The fourth-order valence-corrected chi connectivity index (χ4v) is 2.70. The molecule has 1 aliphatic heterocycles. The fraction of sp³-hybridized carbons (Fsp3) is 0.316. The second-order valence-electron chi connectivity index (χ2n) is 5.56. The topological polar surface area (TPSA) is 47.6 Å². The van der Waals surface area contributed by atoms with E-state index in [1.54, 1.807) is 0 Å². The van der Waals surface area contributed by atoms with E-state index in [0.29, 0.717) is 26.1 Å². The van der Waals surface area contributed by atoms with Gasteiger partial charge in [0.15, 0.2) is 0 Å². The lowest BCUT2D eigenvalue weighted by Gasteiger charge is -2.26. The summed E-state index contributed by atoms with van der Waals surface area (Å²) in [6.45, 7) is 1.18. The molecule has 0 aromatic heterocycles. The largest absolute Gasteiger partial charge is 0.494 e. The van der Waals surface area contributed by atoms with Crippen LogP contribution in [0.5, 0.6) is 11.5 Å². The van der Waals surface area contributed by atoms with Gasteiger partial charge in [0.05, 0.1) is 19.3 Å². The first-order valence-corrected chi connectivity index (χ1v) is 8.02. The lowest BCUT2D eigenvalue weighted by molar-refractivity contribution is -0.122. The summed E-state index contributed by atoms with van der Waals surface area (Å²) in [6, 6.07) is 17.6. The molecule has 1 heterocycles. The van der Waals surface area contributed by atoms with E-state index in [1.807, 2.05) is 54.6 Å². The number of carbonyl (C=O) groups is 1. The molecule has 0 aliphatic carbocycles. The monoisotopic (exact) mass is 311 g/mol. The summed E-state index contributed by atoms with van der Waals surface area (Å²) in [6.07, 6.45) is 1.97. The van der Waals surface area contributed by atoms with Gasteiger partial charge in [0.1, 0.15) is 11.5 Å². The van der Waals surface area contributed by atoms with Crippen LogP contribution < -0.4 is 14.8 Å². The molecule has 1 N–H and O–H groups in total. The molecule has 0 radical (unpaired) electrons. The Labute approximate surface area is 136 Å². The Hall–Kier alpha value is -2.49. The van der Waals surface area contributed by atoms with Crippen molar-refractivity contribution < 1.29 is 14.3 Å². The van der Waals surface area contributed by atoms with Crippen molar-refractivity contribution in [2.45, 2.75) is 25.3 Å². The third kappa shape index (κ3) is 4.25. The Bertz CT molecular complexity index is 642. The van der Waals surface area contributed by atoms with Gasteiger partial charge in [-0.25, -0.2) is 0 Å². The first-order chi connectivity index (χ1) is 11.3. The molecular weight excluding hydrogens is 290 g/mol. The standard InChI is InChI=1S/C19H21NO3/c21-19(11-6-13-22-15-7-2-1-3-8-15)20-17-12-14-23-18-10-5-4-9-16(17)18/h1-5,7-10,17H,6,11-14H2,(H,20,21)/t17-/m1/s1. The molecule has 3 rings (SSSR count). The highest BCUT2D eigenvalue weighted by Gasteiger charge is 2.22. The number of hydrogen-bond donors (Lipinski definition) is 1. The van der Waals surface area contributed by atoms with Gasteiger partial charge in [0, 0.05) is 18.4 Å². The van der Waals surface area contributed by atoms with E-state index < -0.39 is 0 Å². The Morgan fingerprint density at radius 2 is 1.91 bits per heavy atom. The van der Waals surface area contributed by atoms with Crippen molar-refractivity contribution in [2.75, 3.05) is 13.2 Å². The van der Waals surface area contributed by atoms with E-state index in [-0.39, 0.29) is 11.9 Å². The second-order valence-corrected chi connectivity index (χ2v) is 5.56. The normalized spacial score (nSPS) is 16.1. The van der Waals surface area contributed by atoms with Gasteiger partial charge in [-0.05, 0) is 24.6 Å². The van der Waals surface area contributed by atoms with Gasteiger partial charge < -0.3 is 14.8 Å². The number of carbonyl (C=O) groups excluding carboxylic acids is 1. The molecule has 1 aliphatic rings. The Balaban J connectivity index is 1.43. The van der Waals surface area contributed by atoms with Crippen LogP contribution in [-0.2, 0) is 4.79 Å². The summed E-state index contributed by atoms with van der Waals surface area (Å²) in [5.41, 5.74) is 1.06. The third-order valence-corrected chi connectivity index (χ3v) is 3.85. The van der Waals surface area contributed by atoms with Crippen molar-refractivity contribution in [3.63, 3.8) is 0 Å². The van der Waals surface area contributed by atoms with E-state index >= 15 is 0 Å². The van der Waals surface area contributed by atoms with Gasteiger partial charge in [-0.1, -0.05) is 36.4 Å². The van der Waals surface area contributed by atoms with Crippen LogP contribution in [0.2, 0.25) is 0 Å². The predicted octanol–water partition coefficient (Wildman–Crippen LogP) is 3.49. The van der Waals surface area contributed by atoms with Crippen LogP contribution in [0.25, 0.3) is 0 Å². The van der Waals surface area contributed by atoms with Crippen molar-refractivity contribution in [3.05, 3.63) is 60.2 Å². The highest BCUT2D eigenvalue weighted by atomic mass is 16.5. The smallest absolute Gasteiger partial charge is 0.220 e. The van der Waals surface area contributed by atoms with Crippen molar-refractivity contribution in [1.82, 2.24) is 5.32 Å². The molecule has 1 amide bonds. The van der Waals surface area contributed by atoms with Gasteiger partial charge in [-0.2, -0.15) is 0 Å². The number of para-hydroxylation sites is 2. The Kier molecular flexibility index (Phi) is 5.14. The summed E-state index contributed by atoms with van der Waals surface area (Å²) in [5, 5.41) is 3.10. The maximum absolute atomic E-state index is 12.1. The zero-order valence-corrected chi connectivity index (χ0v) is 13.0. The quantitative estimate of drug-likeness (QED) is 0.831.